The first-order valence-electron chi connectivity index (χ1n) is 13.4. The van der Waals surface area contributed by atoms with E-state index in [9.17, 15) is 14.4 Å². The highest BCUT2D eigenvalue weighted by atomic mass is 16.5. The molecule has 39 heavy (non-hydrogen) atoms. The second-order valence-corrected chi connectivity index (χ2v) is 10.8. The lowest BCUT2D eigenvalue weighted by atomic mass is 10.0. The Morgan fingerprint density at radius 1 is 1.05 bits per heavy atom. The number of ether oxygens (including phenoxy) is 1. The number of nitrogens with zero attached hydrogens (tertiary/aromatic N) is 4. The number of hydrogen-bond acceptors (Lipinski definition) is 7. The van der Waals surface area contributed by atoms with Gasteiger partial charge in [0.15, 0.2) is 5.82 Å². The van der Waals surface area contributed by atoms with Gasteiger partial charge in [0.1, 0.15) is 11.5 Å². The summed E-state index contributed by atoms with van der Waals surface area (Å²) >= 11 is 0. The molecule has 3 amide bonds. The molecule has 2 aromatic carbocycles. The van der Waals surface area contributed by atoms with Crippen LogP contribution in [0.1, 0.15) is 47.4 Å². The van der Waals surface area contributed by atoms with E-state index < -0.39 is 0 Å². The molecule has 2 atom stereocenters. The molecular formula is C29H31N5O5. The molecule has 1 aliphatic carbocycles. The lowest BCUT2D eigenvalue weighted by Crippen LogP contribution is -2.36. The third-order valence-corrected chi connectivity index (χ3v) is 7.76. The first-order chi connectivity index (χ1) is 18.8. The molecule has 2 aliphatic heterocycles. The van der Waals surface area contributed by atoms with E-state index in [1.165, 1.54) is 12.8 Å². The van der Waals surface area contributed by atoms with Crippen LogP contribution in [0.15, 0.2) is 47.0 Å². The summed E-state index contributed by atoms with van der Waals surface area (Å²) in [4.78, 5) is 45.5. The molecule has 0 bridgehead atoms. The molecule has 1 aromatic heterocycles. The van der Waals surface area contributed by atoms with Crippen molar-refractivity contribution in [2.75, 3.05) is 20.1 Å². The first-order valence-corrected chi connectivity index (χ1v) is 13.4. The molecule has 1 saturated carbocycles. The molecule has 0 radical (unpaired) electrons. The van der Waals surface area contributed by atoms with E-state index in [4.69, 9.17) is 9.26 Å². The van der Waals surface area contributed by atoms with Gasteiger partial charge in [-0.1, -0.05) is 11.2 Å². The Kier molecular flexibility index (Phi) is 6.54. The highest BCUT2D eigenvalue weighted by Crippen LogP contribution is 2.42. The van der Waals surface area contributed by atoms with Gasteiger partial charge in [0, 0.05) is 56.2 Å². The number of likely N-dealkylation sites (N-methyl/N-ethyl adjacent to an activating group) is 1. The van der Waals surface area contributed by atoms with Crippen LogP contribution < -0.4 is 10.1 Å². The zero-order valence-electron chi connectivity index (χ0n) is 22.1. The van der Waals surface area contributed by atoms with Crippen LogP contribution in [0, 0.1) is 18.8 Å². The highest BCUT2D eigenvalue weighted by Gasteiger charge is 2.39. The van der Waals surface area contributed by atoms with Crippen molar-refractivity contribution in [1.82, 2.24) is 25.3 Å². The van der Waals surface area contributed by atoms with E-state index in [2.05, 4.69) is 15.5 Å². The topological polar surface area (TPSA) is 118 Å². The maximum atomic E-state index is 13.1. The Balaban J connectivity index is 1.23. The van der Waals surface area contributed by atoms with Gasteiger partial charge in [-0.2, -0.15) is 4.98 Å². The molecule has 3 fully saturated rings. The second kappa shape index (κ2) is 10.2. The summed E-state index contributed by atoms with van der Waals surface area (Å²) in [5, 5.41) is 6.79. The number of amides is 3. The van der Waals surface area contributed by atoms with Crippen LogP contribution in [-0.4, -0.2) is 63.8 Å². The Morgan fingerprint density at radius 2 is 1.85 bits per heavy atom. The fraction of sp³-hybridized carbons (Fsp3) is 0.414. The van der Waals surface area contributed by atoms with Crippen molar-refractivity contribution in [3.63, 3.8) is 0 Å². The highest BCUT2D eigenvalue weighted by molar-refractivity contribution is 5.95. The summed E-state index contributed by atoms with van der Waals surface area (Å²) in [6.07, 6.45) is 3.32. The van der Waals surface area contributed by atoms with Gasteiger partial charge in [-0.25, -0.2) is 0 Å². The van der Waals surface area contributed by atoms with Crippen molar-refractivity contribution < 1.29 is 23.6 Å². The van der Waals surface area contributed by atoms with E-state index in [-0.39, 0.29) is 30.2 Å². The van der Waals surface area contributed by atoms with Crippen molar-refractivity contribution in [1.29, 1.82) is 0 Å². The average Bonchev–Trinajstić information content (AvgIpc) is 3.46. The van der Waals surface area contributed by atoms with Gasteiger partial charge < -0.3 is 24.4 Å². The largest absolute Gasteiger partial charge is 0.457 e. The number of benzene rings is 2. The maximum Gasteiger partial charge on any atom is 0.257 e. The number of aromatic nitrogens is 2. The Morgan fingerprint density at radius 3 is 2.51 bits per heavy atom. The fourth-order valence-corrected chi connectivity index (χ4v) is 5.40. The number of carbonyl (C=O) groups is 3. The number of aryl methyl sites for hydroxylation is 1. The van der Waals surface area contributed by atoms with E-state index in [1.54, 1.807) is 43.1 Å². The first kappa shape index (κ1) is 25.1. The summed E-state index contributed by atoms with van der Waals surface area (Å²) in [6, 6.07) is 12.3. The van der Waals surface area contributed by atoms with Crippen molar-refractivity contribution >= 4 is 17.7 Å². The smallest absolute Gasteiger partial charge is 0.257 e. The lowest BCUT2D eigenvalue weighted by molar-refractivity contribution is -0.128. The monoisotopic (exact) mass is 529 g/mol. The summed E-state index contributed by atoms with van der Waals surface area (Å²) in [5.74, 6) is 3.06. The molecule has 6 rings (SSSR count). The number of hydrogen-bond donors (Lipinski definition) is 1. The second-order valence-electron chi connectivity index (χ2n) is 10.8. The zero-order valence-corrected chi connectivity index (χ0v) is 22.1. The molecule has 3 heterocycles. The Bertz CT molecular complexity index is 1410. The third kappa shape index (κ3) is 5.50. The number of likely N-dealkylation sites (tertiary alicyclic amines) is 2. The third-order valence-electron chi connectivity index (χ3n) is 7.76. The van der Waals surface area contributed by atoms with E-state index in [0.717, 1.165) is 17.7 Å². The van der Waals surface area contributed by atoms with E-state index in [1.807, 2.05) is 23.1 Å². The van der Waals surface area contributed by atoms with Gasteiger partial charge in [0.25, 0.3) is 11.8 Å². The van der Waals surface area contributed by atoms with Crippen LogP contribution in [0.3, 0.4) is 0 Å². The van der Waals surface area contributed by atoms with Crippen molar-refractivity contribution in [2.24, 2.45) is 11.8 Å². The maximum absolute atomic E-state index is 13.1. The summed E-state index contributed by atoms with van der Waals surface area (Å²) in [6.45, 7) is 3.42. The number of rotatable bonds is 8. The molecule has 2 unspecified atom stereocenters. The fourth-order valence-electron chi connectivity index (χ4n) is 5.40. The molecule has 0 spiro atoms. The predicted octanol–water partition coefficient (Wildman–Crippen LogP) is 3.56. The van der Waals surface area contributed by atoms with Crippen LogP contribution >= 0.6 is 0 Å². The Labute approximate surface area is 226 Å². The minimum absolute atomic E-state index is 0.0126. The normalized spacial score (nSPS) is 21.1. The molecule has 3 aromatic rings. The quantitative estimate of drug-likeness (QED) is 0.474. The number of nitrogens with one attached hydrogen (secondary N) is 1. The number of carbonyl (C=O) groups excluding carboxylic acids is 3. The average molecular weight is 530 g/mol. The van der Waals surface area contributed by atoms with Crippen molar-refractivity contribution in [3.05, 3.63) is 59.4 Å². The molecular weight excluding hydrogens is 498 g/mol. The molecule has 3 aliphatic rings. The van der Waals surface area contributed by atoms with Gasteiger partial charge in [-0.15, -0.1) is 0 Å². The molecule has 10 nitrogen and oxygen atoms in total. The molecule has 2 saturated heterocycles. The van der Waals surface area contributed by atoms with E-state index in [0.29, 0.717) is 60.1 Å². The zero-order chi connectivity index (χ0) is 27.1. The van der Waals surface area contributed by atoms with Crippen LogP contribution in [0.5, 0.6) is 11.5 Å². The van der Waals surface area contributed by atoms with Crippen molar-refractivity contribution in [2.45, 2.75) is 45.2 Å². The van der Waals surface area contributed by atoms with Gasteiger partial charge in [-0.05, 0) is 68.0 Å². The van der Waals surface area contributed by atoms with E-state index >= 15 is 0 Å². The SMILES string of the molecule is Cc1noc(-c2ccc(Oc3cc(C(=O)NC4CC(=O)N(C)C4)ccc3CN3CC(C4CC4)CC3=O)cc2)n1. The molecule has 1 N–H and O–H groups in total. The van der Waals surface area contributed by atoms with Gasteiger partial charge >= 0.3 is 0 Å². The molecule has 10 heteroatoms. The summed E-state index contributed by atoms with van der Waals surface area (Å²) in [7, 11) is 1.73. The summed E-state index contributed by atoms with van der Waals surface area (Å²) in [5.41, 5.74) is 2.02. The van der Waals surface area contributed by atoms with Crippen LogP contribution in [0.2, 0.25) is 0 Å². The van der Waals surface area contributed by atoms with Crippen LogP contribution in [0.25, 0.3) is 11.5 Å². The van der Waals surface area contributed by atoms with Gasteiger partial charge in [-0.3, -0.25) is 14.4 Å². The lowest BCUT2D eigenvalue weighted by Gasteiger charge is -2.20. The minimum Gasteiger partial charge on any atom is -0.457 e. The minimum atomic E-state index is -0.271. The Hall–Kier alpha value is -4.21. The van der Waals surface area contributed by atoms with Crippen LogP contribution in [-0.2, 0) is 16.1 Å². The van der Waals surface area contributed by atoms with Crippen molar-refractivity contribution in [3.8, 4) is 23.0 Å². The summed E-state index contributed by atoms with van der Waals surface area (Å²) < 4.78 is 11.5. The van der Waals surface area contributed by atoms with Gasteiger partial charge in [0.2, 0.25) is 11.8 Å². The van der Waals surface area contributed by atoms with Crippen LogP contribution in [0.4, 0.5) is 0 Å². The molecule has 202 valence electrons. The predicted molar refractivity (Wildman–Crippen MR) is 141 cm³/mol. The van der Waals surface area contributed by atoms with Gasteiger partial charge in [0.05, 0.1) is 6.04 Å². The standard InChI is InChI=1S/C29H31N5O5/c1-17-30-29(39-32-17)19-7-9-24(10-8-19)38-25-11-20(28(37)31-23-13-26(35)33(2)16-23)5-6-21(25)14-34-15-22(12-27(34)36)18-3-4-18/h5-11,18,22-23H,3-4,12-16H2,1-2H3,(H,31,37).